The van der Waals surface area contributed by atoms with Crippen LogP contribution in [0.15, 0.2) is 16.1 Å². The lowest BCUT2D eigenvalue weighted by Crippen LogP contribution is -2.48. The zero-order valence-corrected chi connectivity index (χ0v) is 21.7. The van der Waals surface area contributed by atoms with Crippen molar-refractivity contribution in [2.75, 3.05) is 23.0 Å². The summed E-state index contributed by atoms with van der Waals surface area (Å²) in [5.41, 5.74) is 14.8. The maximum absolute atomic E-state index is 13.7. The van der Waals surface area contributed by atoms with E-state index >= 15 is 0 Å². The van der Waals surface area contributed by atoms with Crippen molar-refractivity contribution in [1.29, 1.82) is 0 Å². The van der Waals surface area contributed by atoms with Crippen LogP contribution in [-0.2, 0) is 4.79 Å². The van der Waals surface area contributed by atoms with Crippen molar-refractivity contribution < 1.29 is 4.79 Å². The molecule has 2 fully saturated rings. The summed E-state index contributed by atoms with van der Waals surface area (Å²) < 4.78 is 0. The number of allylic oxidation sites excluding steroid dienone is 2. The molecule has 6 unspecified atom stereocenters. The summed E-state index contributed by atoms with van der Waals surface area (Å²) in [5, 5.41) is 0. The summed E-state index contributed by atoms with van der Waals surface area (Å²) in [7, 11) is 7.96. The van der Waals surface area contributed by atoms with Gasteiger partial charge in [-0.3, -0.25) is 4.79 Å². The molecule has 0 aromatic rings. The lowest BCUT2D eigenvalue weighted by molar-refractivity contribution is -0.121. The molecule has 2 heterocycles. The number of carbonyl (C=O) groups excluding carboxylic acids is 1. The summed E-state index contributed by atoms with van der Waals surface area (Å²) in [6, 6.07) is 0.145. The molecular formula is C23H35N3OS4. The first-order chi connectivity index (χ1) is 15.0. The van der Waals surface area contributed by atoms with Crippen molar-refractivity contribution >= 4 is 54.9 Å². The van der Waals surface area contributed by atoms with Gasteiger partial charge in [0.15, 0.2) is 11.7 Å². The number of ketones is 1. The summed E-state index contributed by atoms with van der Waals surface area (Å²) in [6.07, 6.45) is 9.18. The highest BCUT2D eigenvalue weighted by Gasteiger charge is 2.68. The molecule has 8 heteroatoms. The van der Waals surface area contributed by atoms with Gasteiger partial charge in [0.2, 0.25) is 0 Å². The first-order valence-corrected chi connectivity index (χ1v) is 16.8. The van der Waals surface area contributed by atoms with E-state index in [-0.39, 0.29) is 22.8 Å². The maximum atomic E-state index is 13.7. The van der Waals surface area contributed by atoms with Crippen LogP contribution in [0.4, 0.5) is 0 Å². The molecule has 0 aromatic heterocycles. The Morgan fingerprint density at radius 2 is 1.74 bits per heavy atom. The fourth-order valence-electron chi connectivity index (χ4n) is 7.68. The van der Waals surface area contributed by atoms with E-state index < -0.39 is 0 Å². The number of aliphatic imine (C=N–C) groups is 1. The second-order valence-electron chi connectivity index (χ2n) is 10.3. The molecule has 31 heavy (non-hydrogen) atoms. The molecule has 1 spiro atoms. The fourth-order valence-corrected chi connectivity index (χ4v) is 12.7. The smallest absolute Gasteiger partial charge is 0.186 e. The molecule has 5 aliphatic rings. The van der Waals surface area contributed by atoms with Gasteiger partial charge in [-0.2, -0.15) is 0 Å². The van der Waals surface area contributed by atoms with E-state index in [0.29, 0.717) is 17.6 Å². The molecule has 6 bridgehead atoms. The molecule has 5 rings (SSSR count). The third-order valence-electron chi connectivity index (χ3n) is 9.07. The number of hydrogen-bond donors (Lipinski definition) is 2. The standard InChI is InChI=1S/C23H35N3OS4/c1-22-7-9-29-31-13-17(26-21(24)25)5-2-14-12-30-28-8-6-15-3-4-16(22)10-18-20(14)19(27)11-23(15,18)22/h14-17H,2-13H2,1H3,(H4,24,25,26). The lowest BCUT2D eigenvalue weighted by atomic mass is 9.50. The van der Waals surface area contributed by atoms with Crippen molar-refractivity contribution in [3.63, 3.8) is 0 Å². The second-order valence-corrected chi connectivity index (χ2v) is 15.5. The van der Waals surface area contributed by atoms with Gasteiger partial charge in [-0.1, -0.05) is 55.7 Å². The monoisotopic (exact) mass is 497 g/mol. The Kier molecular flexibility index (Phi) is 6.66. The van der Waals surface area contributed by atoms with Crippen molar-refractivity contribution in [2.24, 2.45) is 45.0 Å². The zero-order chi connectivity index (χ0) is 21.6. The summed E-state index contributed by atoms with van der Waals surface area (Å²) >= 11 is 0. The molecule has 2 saturated carbocycles. The molecule has 4 nitrogen and oxygen atoms in total. The van der Waals surface area contributed by atoms with Crippen LogP contribution >= 0.6 is 43.2 Å². The fraction of sp³-hybridized carbons (Fsp3) is 0.826. The van der Waals surface area contributed by atoms with Crippen molar-refractivity contribution in [1.82, 2.24) is 0 Å². The normalized spacial score (nSPS) is 43.3. The Balaban J connectivity index is 1.60. The minimum atomic E-state index is 0.145. The number of carbonyl (C=O) groups is 1. The molecule has 172 valence electrons. The molecule has 0 aromatic carbocycles. The Morgan fingerprint density at radius 3 is 2.58 bits per heavy atom. The molecule has 0 radical (unpaired) electrons. The Hall–Kier alpha value is 0.0800. The molecule has 3 aliphatic carbocycles. The maximum Gasteiger partial charge on any atom is 0.186 e. The van der Waals surface area contributed by atoms with E-state index in [2.05, 4.69) is 11.9 Å². The van der Waals surface area contributed by atoms with Gasteiger partial charge in [-0.25, -0.2) is 4.99 Å². The average molecular weight is 498 g/mol. The summed E-state index contributed by atoms with van der Waals surface area (Å²) in [6.45, 7) is 2.57. The highest BCUT2D eigenvalue weighted by Crippen LogP contribution is 2.75. The number of nitrogens with two attached hydrogens (primary N) is 2. The highest BCUT2D eigenvalue weighted by molar-refractivity contribution is 8.77. The van der Waals surface area contributed by atoms with Gasteiger partial charge >= 0.3 is 0 Å². The van der Waals surface area contributed by atoms with Crippen molar-refractivity contribution in [3.8, 4) is 0 Å². The van der Waals surface area contributed by atoms with E-state index in [1.54, 1.807) is 5.57 Å². The first-order valence-electron chi connectivity index (χ1n) is 11.8. The molecule has 2 aliphatic heterocycles. The van der Waals surface area contributed by atoms with E-state index in [1.807, 2.05) is 43.2 Å². The third kappa shape index (κ3) is 3.79. The van der Waals surface area contributed by atoms with Crippen molar-refractivity contribution in [2.45, 2.75) is 64.3 Å². The largest absolute Gasteiger partial charge is 0.370 e. The van der Waals surface area contributed by atoms with E-state index in [1.165, 1.54) is 43.4 Å². The number of hydrogen-bond acceptors (Lipinski definition) is 6. The number of Topliss-reactive ketones (excluding diaryl/α,β-unsaturated/α-hetero) is 1. The minimum absolute atomic E-state index is 0.145. The van der Waals surface area contributed by atoms with Gasteiger partial charge in [-0.15, -0.1) is 0 Å². The van der Waals surface area contributed by atoms with Gasteiger partial charge in [-0.05, 0) is 73.7 Å². The van der Waals surface area contributed by atoms with Crippen LogP contribution in [0.2, 0.25) is 0 Å². The van der Waals surface area contributed by atoms with Crippen LogP contribution in [-0.4, -0.2) is 40.8 Å². The predicted octanol–water partition coefficient (Wildman–Crippen LogP) is 5.29. The first kappa shape index (κ1) is 22.9. The number of nitrogens with zero attached hydrogens (tertiary/aromatic N) is 1. The van der Waals surface area contributed by atoms with Gasteiger partial charge in [0.05, 0.1) is 6.04 Å². The summed E-state index contributed by atoms with van der Waals surface area (Å²) in [4.78, 5) is 18.3. The van der Waals surface area contributed by atoms with Crippen LogP contribution in [0, 0.1) is 28.6 Å². The van der Waals surface area contributed by atoms with Crippen LogP contribution in [0.1, 0.15) is 58.3 Å². The predicted molar refractivity (Wildman–Crippen MR) is 139 cm³/mol. The van der Waals surface area contributed by atoms with Crippen LogP contribution in [0.5, 0.6) is 0 Å². The Bertz CT molecular complexity index is 798. The SMILES string of the molecule is CC12CCSSCC(N=C(N)N)CCC3CSSCCC4CCC1CC1=C3C(=O)CC142. The van der Waals surface area contributed by atoms with Crippen LogP contribution < -0.4 is 11.5 Å². The van der Waals surface area contributed by atoms with Gasteiger partial charge < -0.3 is 11.5 Å². The third-order valence-corrected chi connectivity index (χ3v) is 14.1. The van der Waals surface area contributed by atoms with Gasteiger partial charge in [0.25, 0.3) is 0 Å². The Morgan fingerprint density at radius 1 is 0.968 bits per heavy atom. The van der Waals surface area contributed by atoms with Crippen LogP contribution in [0.25, 0.3) is 0 Å². The van der Waals surface area contributed by atoms with Crippen LogP contribution in [0.3, 0.4) is 0 Å². The summed E-state index contributed by atoms with van der Waals surface area (Å²) in [5.74, 6) is 6.88. The average Bonchev–Trinajstić information content (AvgIpc) is 3.05. The van der Waals surface area contributed by atoms with Gasteiger partial charge in [0, 0.05) is 34.8 Å². The lowest BCUT2D eigenvalue weighted by Gasteiger charge is -2.54. The van der Waals surface area contributed by atoms with E-state index in [4.69, 9.17) is 11.5 Å². The molecule has 6 atom stereocenters. The van der Waals surface area contributed by atoms with Crippen molar-refractivity contribution in [3.05, 3.63) is 11.1 Å². The quantitative estimate of drug-likeness (QED) is 0.289. The zero-order valence-electron chi connectivity index (χ0n) is 18.4. The number of guanidine groups is 1. The molecule has 4 N–H and O–H groups in total. The van der Waals surface area contributed by atoms with Gasteiger partial charge in [0.1, 0.15) is 0 Å². The molecular weight excluding hydrogens is 463 g/mol. The molecule has 0 amide bonds. The second kappa shape index (κ2) is 9.03. The van der Waals surface area contributed by atoms with E-state index in [9.17, 15) is 4.79 Å². The van der Waals surface area contributed by atoms with E-state index in [0.717, 1.165) is 42.4 Å². The highest BCUT2D eigenvalue weighted by atomic mass is 33.1. The topological polar surface area (TPSA) is 81.5 Å². The molecule has 0 saturated heterocycles. The Labute approximate surface area is 202 Å². The number of rotatable bonds is 1. The minimum Gasteiger partial charge on any atom is -0.370 e.